The fraction of sp³-hybridized carbons (Fsp3) is 0.182. The molecule has 2 nitrogen and oxygen atoms in total. The maximum atomic E-state index is 8.68. The molecular weight excluding hydrogens is 260 g/mol. The van der Waals surface area contributed by atoms with Crippen LogP contribution in [0, 0.1) is 11.3 Å². The minimum atomic E-state index is 0.760. The van der Waals surface area contributed by atoms with Crippen LogP contribution in [0.4, 0.5) is 0 Å². The first-order chi connectivity index (χ1) is 7.78. The molecule has 0 amide bonds. The van der Waals surface area contributed by atoms with Gasteiger partial charge in [-0.25, -0.2) is 0 Å². The van der Waals surface area contributed by atoms with E-state index in [4.69, 9.17) is 16.9 Å². The van der Waals surface area contributed by atoms with Crippen LogP contribution in [-0.2, 0) is 13.1 Å². The predicted octanol–water partition coefficient (Wildman–Crippen LogP) is 3.62. The van der Waals surface area contributed by atoms with Gasteiger partial charge in [0.1, 0.15) is 10.9 Å². The Morgan fingerprint density at radius 3 is 2.38 bits per heavy atom. The van der Waals surface area contributed by atoms with Crippen LogP contribution in [-0.4, -0.2) is 0 Å². The molecule has 0 aromatic carbocycles. The van der Waals surface area contributed by atoms with E-state index in [0.29, 0.717) is 0 Å². The SMILES string of the molecule is N#Cc1ccc(CNCc2ccc(Cl)s2)s1. The third-order valence-corrected chi connectivity index (χ3v) is 4.22. The number of nitrogens with zero attached hydrogens (tertiary/aromatic N) is 1. The van der Waals surface area contributed by atoms with Crippen LogP contribution in [0.25, 0.3) is 0 Å². The number of halogens is 1. The lowest BCUT2D eigenvalue weighted by molar-refractivity contribution is 0.709. The van der Waals surface area contributed by atoms with Gasteiger partial charge in [0.25, 0.3) is 0 Å². The quantitative estimate of drug-likeness (QED) is 0.919. The molecule has 0 bridgehead atoms. The normalized spacial score (nSPS) is 10.2. The summed E-state index contributed by atoms with van der Waals surface area (Å²) in [6, 6.07) is 9.90. The molecule has 0 atom stereocenters. The van der Waals surface area contributed by atoms with E-state index in [1.807, 2.05) is 24.3 Å². The Kier molecular flexibility index (Phi) is 3.97. The highest BCUT2D eigenvalue weighted by Gasteiger charge is 2.00. The minimum Gasteiger partial charge on any atom is -0.307 e. The molecule has 0 aliphatic carbocycles. The van der Waals surface area contributed by atoms with Crippen LogP contribution in [0.1, 0.15) is 14.6 Å². The number of thiophene rings is 2. The van der Waals surface area contributed by atoms with Crippen LogP contribution in [0.3, 0.4) is 0 Å². The summed E-state index contributed by atoms with van der Waals surface area (Å²) in [5, 5.41) is 12.0. The monoisotopic (exact) mass is 268 g/mol. The molecule has 0 unspecified atom stereocenters. The first-order valence-corrected chi connectivity index (χ1v) is 6.73. The van der Waals surface area contributed by atoms with Crippen molar-refractivity contribution in [1.29, 1.82) is 5.26 Å². The Bertz CT molecular complexity index is 510. The van der Waals surface area contributed by atoms with E-state index in [1.165, 1.54) is 21.1 Å². The lowest BCUT2D eigenvalue weighted by Crippen LogP contribution is -2.10. The van der Waals surface area contributed by atoms with Crippen molar-refractivity contribution >= 4 is 34.3 Å². The van der Waals surface area contributed by atoms with Gasteiger partial charge in [0.15, 0.2) is 0 Å². The molecule has 0 fully saturated rings. The molecule has 82 valence electrons. The summed E-state index contributed by atoms with van der Waals surface area (Å²) >= 11 is 8.95. The van der Waals surface area contributed by atoms with Crippen molar-refractivity contribution in [3.05, 3.63) is 43.2 Å². The predicted molar refractivity (Wildman–Crippen MR) is 68.9 cm³/mol. The maximum Gasteiger partial charge on any atom is 0.110 e. The molecule has 0 radical (unpaired) electrons. The van der Waals surface area contributed by atoms with Crippen LogP contribution < -0.4 is 5.32 Å². The number of rotatable bonds is 4. The van der Waals surface area contributed by atoms with E-state index >= 15 is 0 Å². The molecule has 2 aromatic rings. The van der Waals surface area contributed by atoms with Crippen LogP contribution in [0.15, 0.2) is 24.3 Å². The number of hydrogen-bond donors (Lipinski definition) is 1. The summed E-state index contributed by atoms with van der Waals surface area (Å²) < 4.78 is 0.819. The highest BCUT2D eigenvalue weighted by Crippen LogP contribution is 2.21. The summed E-state index contributed by atoms with van der Waals surface area (Å²) in [5.41, 5.74) is 0. The van der Waals surface area contributed by atoms with Crippen LogP contribution >= 0.6 is 34.3 Å². The molecular formula is C11H9ClN2S2. The van der Waals surface area contributed by atoms with Crippen molar-refractivity contribution in [3.63, 3.8) is 0 Å². The highest BCUT2D eigenvalue weighted by atomic mass is 35.5. The summed E-state index contributed by atoms with van der Waals surface area (Å²) in [7, 11) is 0. The van der Waals surface area contributed by atoms with E-state index < -0.39 is 0 Å². The third kappa shape index (κ3) is 3.06. The lowest BCUT2D eigenvalue weighted by Gasteiger charge is -1.99. The van der Waals surface area contributed by atoms with Gasteiger partial charge in [-0.3, -0.25) is 0 Å². The average Bonchev–Trinajstić information content (AvgIpc) is 2.88. The van der Waals surface area contributed by atoms with Crippen molar-refractivity contribution in [3.8, 4) is 6.07 Å². The van der Waals surface area contributed by atoms with Gasteiger partial charge in [-0.2, -0.15) is 5.26 Å². The van der Waals surface area contributed by atoms with E-state index in [0.717, 1.165) is 22.3 Å². The minimum absolute atomic E-state index is 0.760. The second-order valence-electron chi connectivity index (χ2n) is 3.19. The van der Waals surface area contributed by atoms with Gasteiger partial charge < -0.3 is 5.32 Å². The van der Waals surface area contributed by atoms with E-state index in [1.54, 1.807) is 11.3 Å². The molecule has 0 aliphatic heterocycles. The lowest BCUT2D eigenvalue weighted by atomic mass is 10.4. The summed E-state index contributed by atoms with van der Waals surface area (Å²) in [6.45, 7) is 1.61. The highest BCUT2D eigenvalue weighted by molar-refractivity contribution is 7.16. The Morgan fingerprint density at radius 2 is 1.81 bits per heavy atom. The van der Waals surface area contributed by atoms with Gasteiger partial charge in [-0.05, 0) is 24.3 Å². The van der Waals surface area contributed by atoms with Crippen LogP contribution in [0.5, 0.6) is 0 Å². The molecule has 1 N–H and O–H groups in total. The Morgan fingerprint density at radius 1 is 1.12 bits per heavy atom. The van der Waals surface area contributed by atoms with Crippen molar-refractivity contribution in [2.24, 2.45) is 0 Å². The molecule has 16 heavy (non-hydrogen) atoms. The molecule has 0 aliphatic rings. The fourth-order valence-electron chi connectivity index (χ4n) is 1.29. The molecule has 0 saturated carbocycles. The second-order valence-corrected chi connectivity index (χ2v) is 6.16. The van der Waals surface area contributed by atoms with Crippen LogP contribution in [0.2, 0.25) is 4.34 Å². The summed E-state index contributed by atoms with van der Waals surface area (Å²) in [6.07, 6.45) is 0. The van der Waals surface area contributed by atoms with Gasteiger partial charge in [-0.1, -0.05) is 11.6 Å². The second kappa shape index (κ2) is 5.46. The largest absolute Gasteiger partial charge is 0.307 e. The van der Waals surface area contributed by atoms with E-state index in [9.17, 15) is 0 Å². The summed E-state index contributed by atoms with van der Waals surface area (Å²) in [5.74, 6) is 0. The van der Waals surface area contributed by atoms with Gasteiger partial charge in [0, 0.05) is 22.8 Å². The molecule has 2 aromatic heterocycles. The van der Waals surface area contributed by atoms with Gasteiger partial charge in [-0.15, -0.1) is 22.7 Å². The third-order valence-electron chi connectivity index (χ3n) is 2.00. The van der Waals surface area contributed by atoms with Gasteiger partial charge in [0.2, 0.25) is 0 Å². The summed E-state index contributed by atoms with van der Waals surface area (Å²) in [4.78, 5) is 3.16. The molecule has 5 heteroatoms. The average molecular weight is 269 g/mol. The molecule has 0 saturated heterocycles. The van der Waals surface area contributed by atoms with Gasteiger partial charge >= 0.3 is 0 Å². The number of nitriles is 1. The smallest absolute Gasteiger partial charge is 0.110 e. The maximum absolute atomic E-state index is 8.68. The standard InChI is InChI=1S/C11H9ClN2S2/c12-11-4-3-10(16-11)7-14-6-9-2-1-8(5-13)15-9/h1-4,14H,6-7H2. The topological polar surface area (TPSA) is 35.8 Å². The van der Waals surface area contributed by atoms with E-state index in [-0.39, 0.29) is 0 Å². The zero-order valence-electron chi connectivity index (χ0n) is 8.37. The molecule has 2 heterocycles. The van der Waals surface area contributed by atoms with Crippen molar-refractivity contribution in [2.75, 3.05) is 0 Å². The number of hydrogen-bond acceptors (Lipinski definition) is 4. The zero-order valence-corrected chi connectivity index (χ0v) is 10.8. The Hall–Kier alpha value is -0.860. The zero-order chi connectivity index (χ0) is 11.4. The van der Waals surface area contributed by atoms with E-state index in [2.05, 4.69) is 11.4 Å². The first-order valence-electron chi connectivity index (χ1n) is 4.71. The Balaban J connectivity index is 1.82. The van der Waals surface area contributed by atoms with Gasteiger partial charge in [0.05, 0.1) is 4.34 Å². The Labute approximate surface area is 107 Å². The number of nitrogens with one attached hydrogen (secondary N) is 1. The van der Waals surface area contributed by atoms with Crippen molar-refractivity contribution < 1.29 is 0 Å². The first kappa shape index (κ1) is 11.6. The van der Waals surface area contributed by atoms with Crippen molar-refractivity contribution in [2.45, 2.75) is 13.1 Å². The molecule has 0 spiro atoms. The van der Waals surface area contributed by atoms with Crippen molar-refractivity contribution in [1.82, 2.24) is 5.32 Å². The fourth-order valence-corrected chi connectivity index (χ4v) is 3.12. The molecule has 2 rings (SSSR count).